The minimum atomic E-state index is 0.818. The topological polar surface area (TPSA) is 33.1 Å². The van der Waals surface area contributed by atoms with E-state index in [2.05, 4.69) is 39.9 Å². The van der Waals surface area contributed by atoms with Crippen LogP contribution in [0.1, 0.15) is 31.7 Å². The van der Waals surface area contributed by atoms with Crippen LogP contribution in [0, 0.1) is 5.92 Å². The van der Waals surface area contributed by atoms with Crippen molar-refractivity contribution in [2.75, 3.05) is 26.7 Å². The molecule has 1 N–H and O–H groups in total. The van der Waals surface area contributed by atoms with E-state index in [0.29, 0.717) is 0 Å². The second kappa shape index (κ2) is 6.34. The molecule has 4 nitrogen and oxygen atoms in total. The van der Waals surface area contributed by atoms with Crippen molar-refractivity contribution < 1.29 is 0 Å². The fourth-order valence-electron chi connectivity index (χ4n) is 2.83. The second-order valence-corrected chi connectivity index (χ2v) is 5.24. The molecule has 0 saturated carbocycles. The summed E-state index contributed by atoms with van der Waals surface area (Å²) in [7, 11) is 2.04. The van der Waals surface area contributed by atoms with Crippen LogP contribution in [-0.2, 0) is 19.5 Å². The first-order valence-electron chi connectivity index (χ1n) is 7.19. The third-order valence-corrected chi connectivity index (χ3v) is 3.82. The molecule has 2 heterocycles. The van der Waals surface area contributed by atoms with Crippen molar-refractivity contribution in [3.05, 3.63) is 17.5 Å². The fourth-order valence-corrected chi connectivity index (χ4v) is 2.83. The second-order valence-electron chi connectivity index (χ2n) is 5.24. The number of nitrogens with zero attached hydrogens (tertiary/aromatic N) is 3. The Bertz CT molecular complexity index is 372. The van der Waals surface area contributed by atoms with Crippen molar-refractivity contribution in [1.29, 1.82) is 0 Å². The van der Waals surface area contributed by atoms with E-state index in [9.17, 15) is 0 Å². The van der Waals surface area contributed by atoms with E-state index < -0.39 is 0 Å². The maximum Gasteiger partial charge on any atom is 0.0625 e. The first kappa shape index (κ1) is 13.6. The number of aromatic nitrogens is 2. The van der Waals surface area contributed by atoms with E-state index in [-0.39, 0.29) is 0 Å². The highest BCUT2D eigenvalue weighted by atomic mass is 15.3. The Hall–Kier alpha value is -0.870. The van der Waals surface area contributed by atoms with Crippen molar-refractivity contribution in [3.8, 4) is 0 Å². The monoisotopic (exact) mass is 250 g/mol. The highest BCUT2D eigenvalue weighted by Gasteiger charge is 2.22. The van der Waals surface area contributed by atoms with Gasteiger partial charge in [-0.3, -0.25) is 9.58 Å². The normalized spacial score (nSPS) is 20.7. The predicted molar refractivity (Wildman–Crippen MR) is 74.6 cm³/mol. The smallest absolute Gasteiger partial charge is 0.0625 e. The van der Waals surface area contributed by atoms with Crippen molar-refractivity contribution in [3.63, 3.8) is 0 Å². The Balaban J connectivity index is 1.95. The van der Waals surface area contributed by atoms with Crippen LogP contribution in [0.3, 0.4) is 0 Å². The van der Waals surface area contributed by atoms with Gasteiger partial charge in [-0.2, -0.15) is 5.10 Å². The minimum absolute atomic E-state index is 0.818. The molecule has 0 aromatic carbocycles. The van der Waals surface area contributed by atoms with Crippen molar-refractivity contribution in [2.24, 2.45) is 5.92 Å². The van der Waals surface area contributed by atoms with Crippen LogP contribution in [0.25, 0.3) is 0 Å². The summed E-state index contributed by atoms with van der Waals surface area (Å²) in [4.78, 5) is 2.56. The van der Waals surface area contributed by atoms with Crippen molar-refractivity contribution in [1.82, 2.24) is 20.0 Å². The van der Waals surface area contributed by atoms with Crippen molar-refractivity contribution >= 4 is 0 Å². The van der Waals surface area contributed by atoms with Crippen LogP contribution in [0.5, 0.6) is 0 Å². The zero-order valence-electron chi connectivity index (χ0n) is 11.9. The molecule has 0 bridgehead atoms. The molecule has 1 atom stereocenters. The predicted octanol–water partition coefficient (Wildman–Crippen LogP) is 1.51. The summed E-state index contributed by atoms with van der Waals surface area (Å²) in [5.74, 6) is 0.818. The van der Waals surface area contributed by atoms with Gasteiger partial charge < -0.3 is 5.32 Å². The molecule has 0 aliphatic carbocycles. The third kappa shape index (κ3) is 3.12. The van der Waals surface area contributed by atoms with Gasteiger partial charge in [-0.15, -0.1) is 0 Å². The molecule has 102 valence electrons. The van der Waals surface area contributed by atoms with Crippen LogP contribution < -0.4 is 5.32 Å². The van der Waals surface area contributed by atoms with E-state index in [1.807, 2.05) is 7.05 Å². The van der Waals surface area contributed by atoms with Gasteiger partial charge in [0.2, 0.25) is 0 Å². The third-order valence-electron chi connectivity index (χ3n) is 3.82. The lowest BCUT2D eigenvalue weighted by atomic mass is 10.1. The molecule has 1 saturated heterocycles. The molecule has 1 unspecified atom stereocenters. The largest absolute Gasteiger partial charge is 0.319 e. The van der Waals surface area contributed by atoms with E-state index in [1.54, 1.807) is 0 Å². The Morgan fingerprint density at radius 1 is 1.44 bits per heavy atom. The summed E-state index contributed by atoms with van der Waals surface area (Å²) in [5, 5.41) is 7.91. The maximum absolute atomic E-state index is 4.62. The van der Waals surface area contributed by atoms with Gasteiger partial charge in [0.1, 0.15) is 0 Å². The minimum Gasteiger partial charge on any atom is -0.319 e. The van der Waals surface area contributed by atoms with Crippen LogP contribution >= 0.6 is 0 Å². The average Bonchev–Trinajstić information content (AvgIpc) is 2.97. The zero-order chi connectivity index (χ0) is 13.0. The van der Waals surface area contributed by atoms with E-state index in [1.165, 1.54) is 30.9 Å². The van der Waals surface area contributed by atoms with Gasteiger partial charge >= 0.3 is 0 Å². The molecule has 0 spiro atoms. The molecule has 4 heteroatoms. The molecule has 18 heavy (non-hydrogen) atoms. The summed E-state index contributed by atoms with van der Waals surface area (Å²) in [6, 6.07) is 2.27. The van der Waals surface area contributed by atoms with Crippen LogP contribution in [0.2, 0.25) is 0 Å². The fraction of sp³-hybridized carbons (Fsp3) is 0.786. The summed E-state index contributed by atoms with van der Waals surface area (Å²) in [6.07, 6.45) is 2.35. The lowest BCUT2D eigenvalue weighted by Crippen LogP contribution is -2.25. The lowest BCUT2D eigenvalue weighted by molar-refractivity contribution is 0.304. The van der Waals surface area contributed by atoms with Gasteiger partial charge in [-0.1, -0.05) is 6.92 Å². The van der Waals surface area contributed by atoms with Gasteiger partial charge in [-0.25, -0.2) is 0 Å². The summed E-state index contributed by atoms with van der Waals surface area (Å²) in [6.45, 7) is 9.96. The van der Waals surface area contributed by atoms with Gasteiger partial charge in [0.15, 0.2) is 0 Å². The van der Waals surface area contributed by atoms with E-state index in [0.717, 1.165) is 32.0 Å². The molecule has 1 fully saturated rings. The van der Waals surface area contributed by atoms with Crippen molar-refractivity contribution in [2.45, 2.75) is 39.8 Å². The first-order valence-corrected chi connectivity index (χ1v) is 7.19. The Kier molecular flexibility index (Phi) is 4.78. The average molecular weight is 250 g/mol. The highest BCUT2D eigenvalue weighted by Crippen LogP contribution is 2.18. The number of nitrogens with one attached hydrogen (secondary N) is 1. The number of rotatable bonds is 6. The first-order chi connectivity index (χ1) is 8.76. The molecule has 1 aromatic rings. The lowest BCUT2D eigenvalue weighted by Gasteiger charge is -2.16. The Morgan fingerprint density at radius 2 is 2.28 bits per heavy atom. The number of hydrogen-bond donors (Lipinski definition) is 1. The van der Waals surface area contributed by atoms with Gasteiger partial charge in [-0.05, 0) is 51.9 Å². The molecule has 0 amide bonds. The van der Waals surface area contributed by atoms with Crippen LogP contribution in [0.15, 0.2) is 6.07 Å². The maximum atomic E-state index is 4.62. The summed E-state index contributed by atoms with van der Waals surface area (Å²) >= 11 is 0. The molecule has 2 rings (SSSR count). The van der Waals surface area contributed by atoms with E-state index >= 15 is 0 Å². The zero-order valence-corrected chi connectivity index (χ0v) is 11.9. The molecule has 1 aliphatic rings. The molecular formula is C14H26N4. The van der Waals surface area contributed by atoms with Gasteiger partial charge in [0.05, 0.1) is 11.4 Å². The SMILES string of the molecule is CCc1cc(CN2CCC(CNC)C2)n(CC)n1. The summed E-state index contributed by atoms with van der Waals surface area (Å²) in [5.41, 5.74) is 2.59. The molecular weight excluding hydrogens is 224 g/mol. The quantitative estimate of drug-likeness (QED) is 0.831. The summed E-state index contributed by atoms with van der Waals surface area (Å²) < 4.78 is 2.16. The standard InChI is InChI=1S/C14H26N4/c1-4-13-8-14(18(5-2)16-13)11-17-7-6-12(10-17)9-15-3/h8,12,15H,4-7,9-11H2,1-3H3. The molecule has 1 aromatic heterocycles. The van der Waals surface area contributed by atoms with E-state index in [4.69, 9.17) is 0 Å². The Morgan fingerprint density at radius 3 is 2.94 bits per heavy atom. The van der Waals surface area contributed by atoms with Crippen LogP contribution in [0.4, 0.5) is 0 Å². The molecule has 0 radical (unpaired) electrons. The Labute approximate surface area is 110 Å². The van der Waals surface area contributed by atoms with Gasteiger partial charge in [0, 0.05) is 19.6 Å². The number of likely N-dealkylation sites (tertiary alicyclic amines) is 1. The van der Waals surface area contributed by atoms with Crippen LogP contribution in [-0.4, -0.2) is 41.4 Å². The number of hydrogen-bond acceptors (Lipinski definition) is 3. The number of aryl methyl sites for hydroxylation is 2. The highest BCUT2D eigenvalue weighted by molar-refractivity contribution is 5.10. The van der Waals surface area contributed by atoms with Gasteiger partial charge in [0.25, 0.3) is 0 Å². The molecule has 1 aliphatic heterocycles.